The molecule has 0 saturated heterocycles. The van der Waals surface area contributed by atoms with Gasteiger partial charge in [0.05, 0.1) is 22.8 Å². The Morgan fingerprint density at radius 1 is 1.26 bits per heavy atom. The van der Waals surface area contributed by atoms with Crippen LogP contribution in [0.2, 0.25) is 0 Å². The summed E-state index contributed by atoms with van der Waals surface area (Å²) in [6.45, 7) is 0. The fraction of sp³-hybridized carbons (Fsp3) is 0.0714. The summed E-state index contributed by atoms with van der Waals surface area (Å²) in [6, 6.07) is 7.58. The Bertz CT molecular complexity index is 885. The first-order valence-electron chi connectivity index (χ1n) is 5.89. The maximum atomic E-state index is 12.6. The second kappa shape index (κ2) is 3.74. The van der Waals surface area contributed by atoms with Crippen molar-refractivity contribution in [1.29, 1.82) is 0 Å². The summed E-state index contributed by atoms with van der Waals surface area (Å²) in [5, 5.41) is 0.603. The predicted molar refractivity (Wildman–Crippen MR) is 75.6 cm³/mol. The van der Waals surface area contributed by atoms with Crippen molar-refractivity contribution in [2.45, 2.75) is 6.42 Å². The zero-order chi connectivity index (χ0) is 13.0. The van der Waals surface area contributed by atoms with E-state index in [0.29, 0.717) is 17.3 Å². The van der Waals surface area contributed by atoms with Gasteiger partial charge in [0.15, 0.2) is 0 Å². The van der Waals surface area contributed by atoms with Gasteiger partial charge in [0.25, 0.3) is 5.56 Å². The number of aromatic nitrogens is 3. The molecule has 0 N–H and O–H groups in total. The van der Waals surface area contributed by atoms with Gasteiger partial charge in [0.1, 0.15) is 5.82 Å². The predicted octanol–water partition coefficient (Wildman–Crippen LogP) is 2.45. The molecule has 5 heteroatoms. The smallest absolute Gasteiger partial charge is 0.266 e. The van der Waals surface area contributed by atoms with Gasteiger partial charge in [0.2, 0.25) is 0 Å². The highest BCUT2D eigenvalue weighted by Crippen LogP contribution is 2.31. The molecule has 0 unspecified atom stereocenters. The zero-order valence-electron chi connectivity index (χ0n) is 9.80. The van der Waals surface area contributed by atoms with Crippen LogP contribution in [0.3, 0.4) is 0 Å². The summed E-state index contributed by atoms with van der Waals surface area (Å²) in [6.07, 6.45) is 3.92. The Labute approximate surface area is 116 Å². The summed E-state index contributed by atoms with van der Waals surface area (Å²) in [7, 11) is 0. The molecular formula is C14H8BrN3O. The van der Waals surface area contributed by atoms with E-state index in [9.17, 15) is 4.79 Å². The lowest BCUT2D eigenvalue weighted by Gasteiger charge is -2.06. The number of benzene rings is 1. The average Bonchev–Trinajstić information content (AvgIpc) is 2.79. The van der Waals surface area contributed by atoms with Crippen molar-refractivity contribution in [3.63, 3.8) is 0 Å². The van der Waals surface area contributed by atoms with E-state index < -0.39 is 0 Å². The largest absolute Gasteiger partial charge is 0.268 e. The average molecular weight is 314 g/mol. The molecule has 4 rings (SSSR count). The molecule has 0 radical (unpaired) electrons. The van der Waals surface area contributed by atoms with E-state index in [4.69, 9.17) is 0 Å². The zero-order valence-corrected chi connectivity index (χ0v) is 11.4. The van der Waals surface area contributed by atoms with E-state index in [1.165, 1.54) is 0 Å². The van der Waals surface area contributed by atoms with Crippen LogP contribution < -0.4 is 5.56 Å². The quantitative estimate of drug-likeness (QED) is 0.501. The van der Waals surface area contributed by atoms with E-state index in [1.807, 2.05) is 18.2 Å². The molecule has 0 atom stereocenters. The van der Waals surface area contributed by atoms with Crippen LogP contribution in [0.5, 0.6) is 0 Å². The van der Waals surface area contributed by atoms with Crippen molar-refractivity contribution in [2.75, 3.05) is 0 Å². The van der Waals surface area contributed by atoms with Crippen LogP contribution >= 0.6 is 15.9 Å². The standard InChI is InChI=1S/C14H8BrN3O/c15-10-2-1-3-12-9(10)6-13-17-11-7-16-5-4-8(11)14(19)18(12)13/h1-5,7H,6H2. The summed E-state index contributed by atoms with van der Waals surface area (Å²) in [5.74, 6) is 0.771. The van der Waals surface area contributed by atoms with Crippen LogP contribution in [0.25, 0.3) is 16.6 Å². The van der Waals surface area contributed by atoms with E-state index >= 15 is 0 Å². The summed E-state index contributed by atoms with van der Waals surface area (Å²) in [4.78, 5) is 21.2. The lowest BCUT2D eigenvalue weighted by atomic mass is 10.1. The molecule has 3 aromatic rings. The lowest BCUT2D eigenvalue weighted by molar-refractivity contribution is 0.913. The van der Waals surface area contributed by atoms with Gasteiger partial charge in [-0.25, -0.2) is 4.98 Å². The van der Waals surface area contributed by atoms with Gasteiger partial charge in [-0.05, 0) is 23.8 Å². The summed E-state index contributed by atoms with van der Waals surface area (Å²) < 4.78 is 2.71. The van der Waals surface area contributed by atoms with Gasteiger partial charge < -0.3 is 0 Å². The Kier molecular flexibility index (Phi) is 2.14. The summed E-state index contributed by atoms with van der Waals surface area (Å²) >= 11 is 3.53. The second-order valence-electron chi connectivity index (χ2n) is 4.48. The van der Waals surface area contributed by atoms with Crippen LogP contribution in [0.1, 0.15) is 11.4 Å². The van der Waals surface area contributed by atoms with Gasteiger partial charge in [-0.2, -0.15) is 0 Å². The minimum absolute atomic E-state index is 0.0285. The van der Waals surface area contributed by atoms with Crippen molar-refractivity contribution < 1.29 is 0 Å². The third-order valence-corrected chi connectivity index (χ3v) is 4.15. The van der Waals surface area contributed by atoms with Crippen LogP contribution in [-0.4, -0.2) is 14.5 Å². The molecule has 3 heterocycles. The minimum Gasteiger partial charge on any atom is -0.268 e. The highest BCUT2D eigenvalue weighted by Gasteiger charge is 2.23. The molecule has 0 aliphatic carbocycles. The molecule has 1 aliphatic heterocycles. The normalized spacial score (nSPS) is 12.5. The van der Waals surface area contributed by atoms with E-state index in [0.717, 1.165) is 21.5 Å². The van der Waals surface area contributed by atoms with Gasteiger partial charge in [-0.3, -0.25) is 14.3 Å². The van der Waals surface area contributed by atoms with Crippen LogP contribution in [0.15, 0.2) is 45.9 Å². The van der Waals surface area contributed by atoms with E-state index in [1.54, 1.807) is 23.0 Å². The first-order valence-corrected chi connectivity index (χ1v) is 6.68. The molecule has 19 heavy (non-hydrogen) atoms. The first-order chi connectivity index (χ1) is 9.25. The van der Waals surface area contributed by atoms with E-state index in [2.05, 4.69) is 25.9 Å². The fourth-order valence-corrected chi connectivity index (χ4v) is 3.04. The molecular weight excluding hydrogens is 306 g/mol. The van der Waals surface area contributed by atoms with Gasteiger partial charge in [0, 0.05) is 17.1 Å². The Hall–Kier alpha value is -2.01. The molecule has 1 aliphatic rings. The number of nitrogens with zero attached hydrogens (tertiary/aromatic N) is 3. The number of hydrogen-bond acceptors (Lipinski definition) is 3. The molecule has 0 saturated carbocycles. The lowest BCUT2D eigenvalue weighted by Crippen LogP contribution is -2.20. The fourth-order valence-electron chi connectivity index (χ4n) is 2.54. The number of rotatable bonds is 0. The third-order valence-electron chi connectivity index (χ3n) is 3.41. The van der Waals surface area contributed by atoms with Crippen molar-refractivity contribution >= 4 is 26.8 Å². The molecule has 0 bridgehead atoms. The number of pyridine rings is 1. The van der Waals surface area contributed by atoms with Crippen molar-refractivity contribution in [2.24, 2.45) is 0 Å². The molecule has 4 nitrogen and oxygen atoms in total. The molecule has 0 fully saturated rings. The topological polar surface area (TPSA) is 47.8 Å². The highest BCUT2D eigenvalue weighted by atomic mass is 79.9. The maximum absolute atomic E-state index is 12.6. The molecule has 0 amide bonds. The van der Waals surface area contributed by atoms with Gasteiger partial charge in [-0.15, -0.1) is 0 Å². The van der Waals surface area contributed by atoms with Crippen molar-refractivity contribution in [3.8, 4) is 5.69 Å². The van der Waals surface area contributed by atoms with Crippen LogP contribution in [0, 0.1) is 0 Å². The van der Waals surface area contributed by atoms with Crippen LogP contribution in [-0.2, 0) is 6.42 Å². The van der Waals surface area contributed by atoms with Gasteiger partial charge >= 0.3 is 0 Å². The summed E-state index contributed by atoms with van der Waals surface area (Å²) in [5.41, 5.74) is 2.65. The minimum atomic E-state index is -0.0285. The Morgan fingerprint density at radius 2 is 2.16 bits per heavy atom. The maximum Gasteiger partial charge on any atom is 0.266 e. The van der Waals surface area contributed by atoms with Crippen molar-refractivity contribution in [1.82, 2.24) is 14.5 Å². The Morgan fingerprint density at radius 3 is 3.05 bits per heavy atom. The molecule has 1 aromatic carbocycles. The number of hydrogen-bond donors (Lipinski definition) is 0. The number of fused-ring (bicyclic) bond motifs is 4. The first kappa shape index (κ1) is 10.9. The van der Waals surface area contributed by atoms with Crippen molar-refractivity contribution in [3.05, 3.63) is 62.9 Å². The monoisotopic (exact) mass is 313 g/mol. The molecule has 2 aromatic heterocycles. The second-order valence-corrected chi connectivity index (χ2v) is 5.33. The van der Waals surface area contributed by atoms with E-state index in [-0.39, 0.29) is 5.56 Å². The number of halogens is 1. The molecule has 0 spiro atoms. The van der Waals surface area contributed by atoms with Gasteiger partial charge in [-0.1, -0.05) is 22.0 Å². The third kappa shape index (κ3) is 1.42. The SMILES string of the molecule is O=c1c2ccncc2nc2n1-c1cccc(Br)c1C2. The molecule has 92 valence electrons. The highest BCUT2D eigenvalue weighted by molar-refractivity contribution is 9.10. The van der Waals surface area contributed by atoms with Crippen LogP contribution in [0.4, 0.5) is 0 Å². The Balaban J connectivity index is 2.16.